The first-order valence-electron chi connectivity index (χ1n) is 3.09. The average molecular weight is 134 g/mol. The van der Waals surface area contributed by atoms with Crippen molar-refractivity contribution in [1.82, 2.24) is 20.6 Å². The SMILES string of the molecule is C#CC1(c2nn[nH]n2)CC1. The van der Waals surface area contributed by atoms with Gasteiger partial charge in [0.1, 0.15) is 0 Å². The van der Waals surface area contributed by atoms with Gasteiger partial charge in [0.25, 0.3) is 0 Å². The van der Waals surface area contributed by atoms with Crippen LogP contribution in [-0.2, 0) is 5.41 Å². The average Bonchev–Trinajstić information content (AvgIpc) is 2.58. The number of aromatic nitrogens is 4. The molecule has 4 nitrogen and oxygen atoms in total. The Bertz CT molecular complexity index is 264. The summed E-state index contributed by atoms with van der Waals surface area (Å²) in [6.45, 7) is 0. The molecule has 1 aromatic rings. The van der Waals surface area contributed by atoms with Crippen molar-refractivity contribution in [3.8, 4) is 12.3 Å². The van der Waals surface area contributed by atoms with Gasteiger partial charge in [0.15, 0.2) is 5.82 Å². The van der Waals surface area contributed by atoms with Crippen LogP contribution in [0.2, 0.25) is 0 Å². The fourth-order valence-corrected chi connectivity index (χ4v) is 0.922. The zero-order chi connectivity index (χ0) is 7.03. The molecule has 0 bridgehead atoms. The monoisotopic (exact) mass is 134 g/mol. The number of hydrogen-bond acceptors (Lipinski definition) is 3. The van der Waals surface area contributed by atoms with Crippen LogP contribution >= 0.6 is 0 Å². The molecule has 0 unspecified atom stereocenters. The van der Waals surface area contributed by atoms with Crippen LogP contribution < -0.4 is 0 Å². The van der Waals surface area contributed by atoms with Crippen LogP contribution in [0.5, 0.6) is 0 Å². The second-order valence-corrected chi connectivity index (χ2v) is 2.46. The van der Waals surface area contributed by atoms with Gasteiger partial charge in [-0.2, -0.15) is 5.21 Å². The van der Waals surface area contributed by atoms with E-state index in [1.807, 2.05) is 0 Å². The Morgan fingerprint density at radius 1 is 1.60 bits per heavy atom. The predicted octanol–water partition coefficient (Wildman–Crippen LogP) is -0.135. The Balaban J connectivity index is 2.38. The molecular formula is C6H6N4. The summed E-state index contributed by atoms with van der Waals surface area (Å²) in [5.41, 5.74) is -0.174. The molecule has 1 heterocycles. The van der Waals surface area contributed by atoms with Gasteiger partial charge in [0, 0.05) is 0 Å². The molecule has 0 amide bonds. The molecule has 10 heavy (non-hydrogen) atoms. The summed E-state index contributed by atoms with van der Waals surface area (Å²) in [5, 5.41) is 13.5. The molecular weight excluding hydrogens is 128 g/mol. The molecule has 1 aliphatic rings. The molecule has 1 N–H and O–H groups in total. The Hall–Kier alpha value is -1.37. The fourth-order valence-electron chi connectivity index (χ4n) is 0.922. The van der Waals surface area contributed by atoms with E-state index >= 15 is 0 Å². The van der Waals surface area contributed by atoms with Gasteiger partial charge in [-0.15, -0.1) is 16.6 Å². The second-order valence-electron chi connectivity index (χ2n) is 2.46. The summed E-state index contributed by atoms with van der Waals surface area (Å²) in [6.07, 6.45) is 7.27. The lowest BCUT2D eigenvalue weighted by Crippen LogP contribution is -2.04. The lowest BCUT2D eigenvalue weighted by molar-refractivity contribution is 0.815. The van der Waals surface area contributed by atoms with Gasteiger partial charge < -0.3 is 0 Å². The highest BCUT2D eigenvalue weighted by Crippen LogP contribution is 2.45. The van der Waals surface area contributed by atoms with E-state index in [4.69, 9.17) is 6.42 Å². The standard InChI is InChI=1S/C6H6N4/c1-2-6(3-4-6)5-7-9-10-8-5/h1H,3-4H2,(H,7,8,9,10). The first-order valence-corrected chi connectivity index (χ1v) is 3.09. The van der Waals surface area contributed by atoms with Crippen LogP contribution in [0.25, 0.3) is 0 Å². The number of rotatable bonds is 1. The molecule has 50 valence electrons. The lowest BCUT2D eigenvalue weighted by atomic mass is 10.1. The molecule has 0 saturated heterocycles. The highest BCUT2D eigenvalue weighted by Gasteiger charge is 2.46. The normalized spacial score (nSPS) is 19.9. The van der Waals surface area contributed by atoms with Gasteiger partial charge in [-0.05, 0) is 12.8 Å². The second kappa shape index (κ2) is 1.57. The van der Waals surface area contributed by atoms with Crippen molar-refractivity contribution >= 4 is 0 Å². The largest absolute Gasteiger partial charge is 0.192 e. The zero-order valence-electron chi connectivity index (χ0n) is 5.33. The van der Waals surface area contributed by atoms with E-state index in [9.17, 15) is 0 Å². The predicted molar refractivity (Wildman–Crippen MR) is 33.9 cm³/mol. The van der Waals surface area contributed by atoms with Crippen molar-refractivity contribution in [2.75, 3.05) is 0 Å². The van der Waals surface area contributed by atoms with Gasteiger partial charge in [0.2, 0.25) is 0 Å². The van der Waals surface area contributed by atoms with Crippen molar-refractivity contribution in [3.05, 3.63) is 5.82 Å². The quantitative estimate of drug-likeness (QED) is 0.544. The Kier molecular flexibility index (Phi) is 0.849. The number of aromatic amines is 1. The van der Waals surface area contributed by atoms with Gasteiger partial charge >= 0.3 is 0 Å². The van der Waals surface area contributed by atoms with Crippen LogP contribution in [0, 0.1) is 12.3 Å². The molecule has 0 atom stereocenters. The maximum absolute atomic E-state index is 5.29. The highest BCUT2D eigenvalue weighted by atomic mass is 15.5. The number of terminal acetylenes is 1. The van der Waals surface area contributed by atoms with Crippen LogP contribution in [0.4, 0.5) is 0 Å². The van der Waals surface area contributed by atoms with Gasteiger partial charge in [-0.25, -0.2) is 0 Å². The molecule has 1 aliphatic carbocycles. The Morgan fingerprint density at radius 3 is 2.80 bits per heavy atom. The summed E-state index contributed by atoms with van der Waals surface area (Å²) in [5.74, 6) is 3.33. The van der Waals surface area contributed by atoms with Gasteiger partial charge in [-0.1, -0.05) is 11.1 Å². The first kappa shape index (κ1) is 5.42. The number of H-pyrrole nitrogens is 1. The van der Waals surface area contributed by atoms with E-state index in [0.717, 1.165) is 12.8 Å². The smallest absolute Gasteiger partial charge is 0.177 e. The van der Waals surface area contributed by atoms with E-state index in [0.29, 0.717) is 5.82 Å². The Labute approximate surface area is 58.0 Å². The molecule has 0 aromatic carbocycles. The van der Waals surface area contributed by atoms with E-state index in [2.05, 4.69) is 26.5 Å². The summed E-state index contributed by atoms with van der Waals surface area (Å²) in [6, 6.07) is 0. The van der Waals surface area contributed by atoms with E-state index in [-0.39, 0.29) is 5.41 Å². The first-order chi connectivity index (χ1) is 4.87. The molecule has 4 heteroatoms. The van der Waals surface area contributed by atoms with Crippen molar-refractivity contribution in [1.29, 1.82) is 0 Å². The number of nitrogens with zero attached hydrogens (tertiary/aromatic N) is 3. The van der Waals surface area contributed by atoms with Gasteiger partial charge in [-0.3, -0.25) is 0 Å². The summed E-state index contributed by atoms with van der Waals surface area (Å²) < 4.78 is 0. The minimum Gasteiger partial charge on any atom is -0.177 e. The third-order valence-electron chi connectivity index (χ3n) is 1.80. The zero-order valence-corrected chi connectivity index (χ0v) is 5.33. The molecule has 1 saturated carbocycles. The molecule has 0 spiro atoms. The summed E-state index contributed by atoms with van der Waals surface area (Å²) >= 11 is 0. The van der Waals surface area contributed by atoms with Gasteiger partial charge in [0.05, 0.1) is 5.41 Å². The summed E-state index contributed by atoms with van der Waals surface area (Å²) in [7, 11) is 0. The van der Waals surface area contributed by atoms with E-state index in [1.165, 1.54) is 0 Å². The van der Waals surface area contributed by atoms with E-state index in [1.54, 1.807) is 0 Å². The van der Waals surface area contributed by atoms with Crippen molar-refractivity contribution < 1.29 is 0 Å². The highest BCUT2D eigenvalue weighted by molar-refractivity contribution is 5.30. The molecule has 2 rings (SSSR count). The number of hydrogen-bond donors (Lipinski definition) is 1. The van der Waals surface area contributed by atoms with E-state index < -0.39 is 0 Å². The van der Waals surface area contributed by atoms with Crippen LogP contribution in [0.3, 0.4) is 0 Å². The lowest BCUT2D eigenvalue weighted by Gasteiger charge is -1.95. The van der Waals surface area contributed by atoms with Crippen LogP contribution in [0.1, 0.15) is 18.7 Å². The third-order valence-corrected chi connectivity index (χ3v) is 1.80. The molecule has 1 aromatic heterocycles. The van der Waals surface area contributed by atoms with Crippen LogP contribution in [0.15, 0.2) is 0 Å². The third kappa shape index (κ3) is 0.545. The summed E-state index contributed by atoms with van der Waals surface area (Å²) in [4.78, 5) is 0. The van der Waals surface area contributed by atoms with Crippen molar-refractivity contribution in [2.24, 2.45) is 0 Å². The topological polar surface area (TPSA) is 54.5 Å². The number of tetrazole rings is 1. The molecule has 0 aliphatic heterocycles. The van der Waals surface area contributed by atoms with Crippen molar-refractivity contribution in [2.45, 2.75) is 18.3 Å². The van der Waals surface area contributed by atoms with Crippen LogP contribution in [-0.4, -0.2) is 20.6 Å². The minimum absolute atomic E-state index is 0.174. The Morgan fingerprint density at radius 2 is 2.40 bits per heavy atom. The molecule has 0 radical (unpaired) electrons. The number of nitrogens with one attached hydrogen (secondary N) is 1. The minimum atomic E-state index is -0.174. The fraction of sp³-hybridized carbons (Fsp3) is 0.500. The maximum atomic E-state index is 5.29. The molecule has 1 fully saturated rings. The maximum Gasteiger partial charge on any atom is 0.192 e. The van der Waals surface area contributed by atoms with Crippen molar-refractivity contribution in [3.63, 3.8) is 0 Å².